The Labute approximate surface area is 115 Å². The van der Waals surface area contributed by atoms with Crippen LogP contribution in [0, 0.1) is 0 Å². The first kappa shape index (κ1) is 14.2. The minimum absolute atomic E-state index is 0.129. The van der Waals surface area contributed by atoms with Crippen LogP contribution in [0.25, 0.3) is 0 Å². The lowest BCUT2D eigenvalue weighted by atomic mass is 9.81. The Balaban J connectivity index is 2.23. The second-order valence-electron chi connectivity index (χ2n) is 5.84. The zero-order valence-corrected chi connectivity index (χ0v) is 12.0. The number of nitrogens with two attached hydrogens (primary N) is 1. The molecule has 2 rings (SSSR count). The van der Waals surface area contributed by atoms with Crippen LogP contribution in [0.1, 0.15) is 26.7 Å². The highest BCUT2D eigenvalue weighted by atomic mass is 16.5. The lowest BCUT2D eigenvalue weighted by Crippen LogP contribution is -2.55. The summed E-state index contributed by atoms with van der Waals surface area (Å²) in [4.78, 5) is 0. The Morgan fingerprint density at radius 2 is 2.11 bits per heavy atom. The molecule has 3 N–H and O–H groups in total. The van der Waals surface area contributed by atoms with Gasteiger partial charge < -0.3 is 20.5 Å². The number of nitrogens with one attached hydrogen (secondary N) is 1. The van der Waals surface area contributed by atoms with Crippen LogP contribution in [0.3, 0.4) is 0 Å². The van der Waals surface area contributed by atoms with Gasteiger partial charge in [-0.3, -0.25) is 0 Å². The van der Waals surface area contributed by atoms with E-state index in [2.05, 4.69) is 19.2 Å². The van der Waals surface area contributed by atoms with Gasteiger partial charge in [0, 0.05) is 19.6 Å². The number of methoxy groups -OCH3 is 1. The molecule has 0 saturated carbocycles. The maximum absolute atomic E-state index is 6.04. The van der Waals surface area contributed by atoms with Crippen molar-refractivity contribution in [2.24, 2.45) is 5.73 Å². The number of rotatable bonds is 4. The van der Waals surface area contributed by atoms with Crippen molar-refractivity contribution < 1.29 is 9.47 Å². The van der Waals surface area contributed by atoms with Gasteiger partial charge >= 0.3 is 0 Å². The van der Waals surface area contributed by atoms with E-state index in [1.54, 1.807) is 7.11 Å². The predicted molar refractivity (Wildman–Crippen MR) is 77.7 cm³/mol. The lowest BCUT2D eigenvalue weighted by Gasteiger charge is -2.45. The Kier molecular flexibility index (Phi) is 4.02. The van der Waals surface area contributed by atoms with Crippen molar-refractivity contribution in [1.82, 2.24) is 0 Å². The van der Waals surface area contributed by atoms with Gasteiger partial charge in [0.2, 0.25) is 0 Å². The van der Waals surface area contributed by atoms with E-state index in [0.717, 1.165) is 30.9 Å². The molecule has 4 heteroatoms. The summed E-state index contributed by atoms with van der Waals surface area (Å²) in [5.41, 5.74) is 6.76. The Bertz CT molecular complexity index is 434. The van der Waals surface area contributed by atoms with E-state index in [9.17, 15) is 0 Å². The molecule has 1 fully saturated rings. The van der Waals surface area contributed by atoms with Crippen LogP contribution in [0.15, 0.2) is 24.3 Å². The molecule has 106 valence electrons. The summed E-state index contributed by atoms with van der Waals surface area (Å²) in [5, 5.41) is 3.59. The van der Waals surface area contributed by atoms with Gasteiger partial charge in [-0.1, -0.05) is 12.1 Å². The molecule has 1 unspecified atom stereocenters. The Morgan fingerprint density at radius 1 is 1.37 bits per heavy atom. The molecule has 1 aromatic rings. The van der Waals surface area contributed by atoms with Crippen molar-refractivity contribution >= 4 is 5.69 Å². The second-order valence-corrected chi connectivity index (χ2v) is 5.84. The molecule has 0 aliphatic carbocycles. The molecule has 1 heterocycles. The summed E-state index contributed by atoms with van der Waals surface area (Å²) in [6.45, 7) is 5.53. The van der Waals surface area contributed by atoms with E-state index in [-0.39, 0.29) is 11.1 Å². The Hall–Kier alpha value is -1.26. The molecular weight excluding hydrogens is 240 g/mol. The van der Waals surface area contributed by atoms with Crippen LogP contribution >= 0.6 is 0 Å². The highest BCUT2D eigenvalue weighted by molar-refractivity contribution is 5.58. The van der Waals surface area contributed by atoms with Crippen molar-refractivity contribution in [3.63, 3.8) is 0 Å². The predicted octanol–water partition coefficient (Wildman–Crippen LogP) is 2.39. The average Bonchev–Trinajstić information content (AvgIpc) is 2.38. The van der Waals surface area contributed by atoms with Crippen LogP contribution in [-0.2, 0) is 4.74 Å². The first-order chi connectivity index (χ1) is 9.00. The molecule has 1 aromatic carbocycles. The minimum Gasteiger partial charge on any atom is -0.495 e. The molecule has 0 spiro atoms. The third-order valence-corrected chi connectivity index (χ3v) is 3.74. The number of benzene rings is 1. The van der Waals surface area contributed by atoms with Gasteiger partial charge in [-0.15, -0.1) is 0 Å². The summed E-state index contributed by atoms with van der Waals surface area (Å²) >= 11 is 0. The Morgan fingerprint density at radius 3 is 2.74 bits per heavy atom. The second kappa shape index (κ2) is 5.39. The van der Waals surface area contributed by atoms with Gasteiger partial charge in [-0.05, 0) is 32.4 Å². The van der Waals surface area contributed by atoms with Gasteiger partial charge in [0.15, 0.2) is 0 Å². The van der Waals surface area contributed by atoms with Crippen LogP contribution in [-0.4, -0.2) is 31.4 Å². The summed E-state index contributed by atoms with van der Waals surface area (Å²) in [6.07, 6.45) is 1.79. The van der Waals surface area contributed by atoms with E-state index < -0.39 is 0 Å². The maximum Gasteiger partial charge on any atom is 0.141 e. The summed E-state index contributed by atoms with van der Waals surface area (Å²) in [5.74, 6) is 0.847. The quantitative estimate of drug-likeness (QED) is 0.876. The van der Waals surface area contributed by atoms with Gasteiger partial charge in [-0.2, -0.15) is 0 Å². The zero-order valence-electron chi connectivity index (χ0n) is 12.0. The molecule has 1 saturated heterocycles. The monoisotopic (exact) mass is 264 g/mol. The van der Waals surface area contributed by atoms with Gasteiger partial charge in [-0.25, -0.2) is 0 Å². The fourth-order valence-corrected chi connectivity index (χ4v) is 2.84. The topological polar surface area (TPSA) is 56.5 Å². The van der Waals surface area contributed by atoms with E-state index in [0.29, 0.717) is 6.54 Å². The van der Waals surface area contributed by atoms with Crippen LogP contribution < -0.4 is 15.8 Å². The van der Waals surface area contributed by atoms with Gasteiger partial charge in [0.1, 0.15) is 5.75 Å². The molecule has 0 radical (unpaired) electrons. The number of para-hydroxylation sites is 2. The molecule has 1 atom stereocenters. The summed E-state index contributed by atoms with van der Waals surface area (Å²) in [6, 6.07) is 7.95. The molecule has 1 aliphatic rings. The van der Waals surface area contributed by atoms with Crippen LogP contribution in [0.5, 0.6) is 5.75 Å². The average molecular weight is 264 g/mol. The number of hydrogen-bond donors (Lipinski definition) is 2. The van der Waals surface area contributed by atoms with Crippen molar-refractivity contribution in [3.8, 4) is 5.75 Å². The highest BCUT2D eigenvalue weighted by Crippen LogP contribution is 2.36. The zero-order chi connectivity index (χ0) is 13.9. The summed E-state index contributed by atoms with van der Waals surface area (Å²) in [7, 11) is 1.68. The number of anilines is 1. The van der Waals surface area contributed by atoms with Crippen molar-refractivity contribution in [2.75, 3.05) is 25.6 Å². The van der Waals surface area contributed by atoms with E-state index in [4.69, 9.17) is 15.2 Å². The van der Waals surface area contributed by atoms with Crippen molar-refractivity contribution in [3.05, 3.63) is 24.3 Å². The molecule has 0 aromatic heterocycles. The van der Waals surface area contributed by atoms with E-state index in [1.807, 2.05) is 24.3 Å². The van der Waals surface area contributed by atoms with Crippen molar-refractivity contribution in [1.29, 1.82) is 0 Å². The minimum atomic E-state index is -0.146. The lowest BCUT2D eigenvalue weighted by molar-refractivity contribution is -0.0737. The first-order valence-corrected chi connectivity index (χ1v) is 6.75. The van der Waals surface area contributed by atoms with Crippen molar-refractivity contribution in [2.45, 2.75) is 37.8 Å². The summed E-state index contributed by atoms with van der Waals surface area (Å²) < 4.78 is 11.2. The maximum atomic E-state index is 6.04. The molecule has 1 aliphatic heterocycles. The third kappa shape index (κ3) is 3.19. The van der Waals surface area contributed by atoms with Crippen LogP contribution in [0.4, 0.5) is 5.69 Å². The van der Waals surface area contributed by atoms with Gasteiger partial charge in [0.25, 0.3) is 0 Å². The molecule has 4 nitrogen and oxygen atoms in total. The number of hydrogen-bond acceptors (Lipinski definition) is 4. The van der Waals surface area contributed by atoms with E-state index >= 15 is 0 Å². The van der Waals surface area contributed by atoms with Gasteiger partial charge in [0.05, 0.1) is 23.9 Å². The molecule has 0 bridgehead atoms. The third-order valence-electron chi connectivity index (χ3n) is 3.74. The van der Waals surface area contributed by atoms with E-state index in [1.165, 1.54) is 0 Å². The fourth-order valence-electron chi connectivity index (χ4n) is 2.84. The number of ether oxygens (including phenoxy) is 2. The smallest absolute Gasteiger partial charge is 0.141 e. The fraction of sp³-hybridized carbons (Fsp3) is 0.600. The molecular formula is C15H24N2O2. The van der Waals surface area contributed by atoms with Crippen LogP contribution in [0.2, 0.25) is 0 Å². The largest absolute Gasteiger partial charge is 0.495 e. The normalized spacial score (nSPS) is 25.9. The first-order valence-electron chi connectivity index (χ1n) is 6.75. The molecule has 0 amide bonds. The molecule has 19 heavy (non-hydrogen) atoms. The standard InChI is InChI=1S/C15H24N2O2/c1-14(2)10-15(11-16,8-9-19-14)17-12-6-4-5-7-13(12)18-3/h4-7,17H,8-11,16H2,1-3H3. The highest BCUT2D eigenvalue weighted by Gasteiger charge is 2.40. The SMILES string of the molecule is COc1ccccc1NC1(CN)CCOC(C)(C)C1.